The maximum Gasteiger partial charge on any atom is 0.128 e. The predicted molar refractivity (Wildman–Crippen MR) is 68.1 cm³/mol. The van der Waals surface area contributed by atoms with Crippen LogP contribution >= 0.6 is 15.9 Å². The zero-order valence-electron chi connectivity index (χ0n) is 8.79. The van der Waals surface area contributed by atoms with Gasteiger partial charge in [0.25, 0.3) is 0 Å². The van der Waals surface area contributed by atoms with Gasteiger partial charge in [-0.15, -0.1) is 0 Å². The molecule has 0 aliphatic rings. The fraction of sp³-hybridized carbons (Fsp3) is 0.250. The smallest absolute Gasteiger partial charge is 0.128 e. The van der Waals surface area contributed by atoms with Crippen LogP contribution in [0.25, 0.3) is 10.8 Å². The number of aromatic nitrogens is 1. The number of pyridine rings is 1. The number of nitrogens with two attached hydrogens (primary N) is 1. The molecule has 0 saturated carbocycles. The molecule has 0 spiro atoms. The summed E-state index contributed by atoms with van der Waals surface area (Å²) in [6.45, 7) is 4.15. The third kappa shape index (κ3) is 1.84. The largest absolute Gasteiger partial charge is 0.383 e. The Morgan fingerprint density at radius 3 is 2.60 bits per heavy atom. The molecule has 0 bridgehead atoms. The molecule has 0 radical (unpaired) electrons. The molecule has 0 aliphatic carbocycles. The van der Waals surface area contributed by atoms with E-state index in [-0.39, 0.29) is 4.32 Å². The van der Waals surface area contributed by atoms with E-state index in [0.29, 0.717) is 5.82 Å². The highest BCUT2D eigenvalue weighted by molar-refractivity contribution is 9.09. The minimum absolute atomic E-state index is 0.162. The molecule has 0 unspecified atom stereocenters. The van der Waals surface area contributed by atoms with Gasteiger partial charge in [-0.25, -0.2) is 4.98 Å². The molecule has 0 atom stereocenters. The first kappa shape index (κ1) is 10.4. The monoisotopic (exact) mass is 264 g/mol. The average molecular weight is 265 g/mol. The van der Waals surface area contributed by atoms with Gasteiger partial charge in [-0.1, -0.05) is 40.2 Å². The van der Waals surface area contributed by atoms with Gasteiger partial charge in [-0.3, -0.25) is 0 Å². The van der Waals surface area contributed by atoms with Gasteiger partial charge in [-0.2, -0.15) is 0 Å². The fourth-order valence-corrected chi connectivity index (χ4v) is 2.22. The molecule has 1 heterocycles. The van der Waals surface area contributed by atoms with Crippen LogP contribution in [-0.2, 0) is 4.32 Å². The summed E-state index contributed by atoms with van der Waals surface area (Å²) in [4.78, 5) is 4.22. The Labute approximate surface area is 97.6 Å². The normalized spacial score (nSPS) is 11.9. The molecule has 0 saturated heterocycles. The van der Waals surface area contributed by atoms with Gasteiger partial charge < -0.3 is 5.73 Å². The predicted octanol–water partition coefficient (Wildman–Crippen LogP) is 3.45. The second-order valence-electron chi connectivity index (χ2n) is 4.08. The van der Waals surface area contributed by atoms with Gasteiger partial charge in [0.15, 0.2) is 0 Å². The number of nitrogens with zero attached hydrogens (tertiary/aromatic N) is 1. The van der Waals surface area contributed by atoms with Crippen molar-refractivity contribution in [2.24, 2.45) is 0 Å². The zero-order valence-corrected chi connectivity index (χ0v) is 10.4. The molecule has 3 heteroatoms. The molecule has 2 aromatic rings. The first-order valence-corrected chi connectivity index (χ1v) is 5.62. The van der Waals surface area contributed by atoms with E-state index < -0.39 is 0 Å². The van der Waals surface area contributed by atoms with Gasteiger partial charge in [0.2, 0.25) is 0 Å². The number of benzene rings is 1. The minimum atomic E-state index is -0.162. The standard InChI is InChI=1S/C12H13BrN2/c1-12(2,13)10-9-6-4-3-5-8(9)7-15-11(10)14/h3-7H,1-2H3,(H2,14,15). The van der Waals surface area contributed by atoms with Crippen LogP contribution in [0.4, 0.5) is 5.82 Å². The van der Waals surface area contributed by atoms with Crippen molar-refractivity contribution in [3.8, 4) is 0 Å². The molecule has 78 valence electrons. The van der Waals surface area contributed by atoms with E-state index in [0.717, 1.165) is 16.3 Å². The van der Waals surface area contributed by atoms with Crippen LogP contribution in [0, 0.1) is 0 Å². The lowest BCUT2D eigenvalue weighted by Crippen LogP contribution is -2.12. The van der Waals surface area contributed by atoms with Crippen molar-refractivity contribution in [3.63, 3.8) is 0 Å². The van der Waals surface area contributed by atoms with Crippen molar-refractivity contribution in [1.29, 1.82) is 0 Å². The molecule has 15 heavy (non-hydrogen) atoms. The summed E-state index contributed by atoms with van der Waals surface area (Å²) in [5, 5.41) is 2.28. The number of hydrogen-bond acceptors (Lipinski definition) is 2. The Morgan fingerprint density at radius 1 is 1.27 bits per heavy atom. The molecular formula is C12H13BrN2. The summed E-state index contributed by atoms with van der Waals surface area (Å²) in [5.74, 6) is 0.593. The number of anilines is 1. The highest BCUT2D eigenvalue weighted by Crippen LogP contribution is 2.37. The van der Waals surface area contributed by atoms with Crippen LogP contribution in [-0.4, -0.2) is 4.98 Å². The van der Waals surface area contributed by atoms with Crippen LogP contribution in [0.1, 0.15) is 19.4 Å². The van der Waals surface area contributed by atoms with Crippen molar-refractivity contribution < 1.29 is 0 Å². The lowest BCUT2D eigenvalue weighted by atomic mass is 9.97. The number of alkyl halides is 1. The van der Waals surface area contributed by atoms with Crippen molar-refractivity contribution in [3.05, 3.63) is 36.0 Å². The Kier molecular flexibility index (Phi) is 2.43. The van der Waals surface area contributed by atoms with Crippen molar-refractivity contribution in [1.82, 2.24) is 4.98 Å². The van der Waals surface area contributed by atoms with E-state index >= 15 is 0 Å². The van der Waals surface area contributed by atoms with Crippen molar-refractivity contribution >= 4 is 32.5 Å². The first-order valence-electron chi connectivity index (χ1n) is 4.83. The Bertz CT molecular complexity index is 500. The number of hydrogen-bond donors (Lipinski definition) is 1. The third-order valence-electron chi connectivity index (χ3n) is 2.42. The summed E-state index contributed by atoms with van der Waals surface area (Å²) in [7, 11) is 0. The SMILES string of the molecule is CC(C)(Br)c1c(N)ncc2ccccc12. The van der Waals surface area contributed by atoms with E-state index in [9.17, 15) is 0 Å². The summed E-state index contributed by atoms with van der Waals surface area (Å²) >= 11 is 3.64. The highest BCUT2D eigenvalue weighted by atomic mass is 79.9. The van der Waals surface area contributed by atoms with E-state index in [1.165, 1.54) is 0 Å². The van der Waals surface area contributed by atoms with Crippen LogP contribution in [0.3, 0.4) is 0 Å². The highest BCUT2D eigenvalue weighted by Gasteiger charge is 2.22. The fourth-order valence-electron chi connectivity index (χ4n) is 1.80. The van der Waals surface area contributed by atoms with Gasteiger partial charge in [-0.05, 0) is 19.2 Å². The van der Waals surface area contributed by atoms with Crippen molar-refractivity contribution in [2.45, 2.75) is 18.2 Å². The van der Waals surface area contributed by atoms with Crippen LogP contribution in [0.5, 0.6) is 0 Å². The molecule has 0 amide bonds. The average Bonchev–Trinajstić information content (AvgIpc) is 2.15. The topological polar surface area (TPSA) is 38.9 Å². The number of halogens is 1. The maximum atomic E-state index is 5.93. The van der Waals surface area contributed by atoms with Crippen molar-refractivity contribution in [2.75, 3.05) is 5.73 Å². The maximum absolute atomic E-state index is 5.93. The number of fused-ring (bicyclic) bond motifs is 1. The van der Waals surface area contributed by atoms with Gasteiger partial charge >= 0.3 is 0 Å². The van der Waals surface area contributed by atoms with Gasteiger partial charge in [0.1, 0.15) is 5.82 Å². The summed E-state index contributed by atoms with van der Waals surface area (Å²) in [6, 6.07) is 8.14. The van der Waals surface area contributed by atoms with E-state index in [4.69, 9.17) is 5.73 Å². The number of nitrogen functional groups attached to an aromatic ring is 1. The second kappa shape index (κ2) is 3.49. The Hall–Kier alpha value is -1.09. The minimum Gasteiger partial charge on any atom is -0.383 e. The molecule has 0 aliphatic heterocycles. The quantitative estimate of drug-likeness (QED) is 0.802. The van der Waals surface area contributed by atoms with Crippen LogP contribution in [0.2, 0.25) is 0 Å². The summed E-state index contributed by atoms with van der Waals surface area (Å²) in [5.41, 5.74) is 6.99. The van der Waals surface area contributed by atoms with E-state index in [1.807, 2.05) is 24.4 Å². The molecule has 1 aromatic heterocycles. The zero-order chi connectivity index (χ0) is 11.1. The Morgan fingerprint density at radius 2 is 1.93 bits per heavy atom. The first-order chi connectivity index (χ1) is 7.00. The molecule has 2 nitrogen and oxygen atoms in total. The molecule has 2 rings (SSSR count). The third-order valence-corrected chi connectivity index (χ3v) is 2.82. The summed E-state index contributed by atoms with van der Waals surface area (Å²) < 4.78 is -0.162. The van der Waals surface area contributed by atoms with E-state index in [2.05, 4.69) is 40.8 Å². The lowest BCUT2D eigenvalue weighted by Gasteiger charge is -2.20. The van der Waals surface area contributed by atoms with Crippen LogP contribution in [0.15, 0.2) is 30.5 Å². The van der Waals surface area contributed by atoms with Crippen LogP contribution < -0.4 is 5.73 Å². The molecular weight excluding hydrogens is 252 g/mol. The van der Waals surface area contributed by atoms with Gasteiger partial charge in [0, 0.05) is 21.5 Å². The molecule has 2 N–H and O–H groups in total. The second-order valence-corrected chi connectivity index (χ2v) is 6.06. The number of rotatable bonds is 1. The Balaban J connectivity index is 2.86. The summed E-state index contributed by atoms with van der Waals surface area (Å²) in [6.07, 6.45) is 1.81. The van der Waals surface area contributed by atoms with Gasteiger partial charge in [0.05, 0.1) is 0 Å². The molecule has 1 aromatic carbocycles. The lowest BCUT2D eigenvalue weighted by molar-refractivity contribution is 0.810. The molecule has 0 fully saturated rings. The van der Waals surface area contributed by atoms with E-state index in [1.54, 1.807) is 0 Å².